The average Bonchev–Trinajstić information content (AvgIpc) is 3.09. The van der Waals surface area contributed by atoms with Gasteiger partial charge in [0.2, 0.25) is 5.91 Å². The molecule has 1 aromatic rings. The number of fused-ring (bicyclic) bond motifs is 1. The zero-order valence-electron chi connectivity index (χ0n) is 19.7. The van der Waals surface area contributed by atoms with Gasteiger partial charge >= 0.3 is 12.3 Å². The van der Waals surface area contributed by atoms with E-state index in [4.69, 9.17) is 4.74 Å². The minimum absolute atomic E-state index is 0.0407. The van der Waals surface area contributed by atoms with Gasteiger partial charge in [-0.05, 0) is 52.0 Å². The number of alkyl carbamates (subject to hydrolysis) is 1. The number of carbonyl (C=O) groups excluding carboxylic acids is 2. The average molecular weight is 472 g/mol. The molecule has 184 valence electrons. The van der Waals surface area contributed by atoms with E-state index in [0.29, 0.717) is 25.3 Å². The Hall–Kier alpha value is -2.52. The lowest BCUT2D eigenvalue weighted by Gasteiger charge is -2.40. The molecule has 1 aliphatic heterocycles. The van der Waals surface area contributed by atoms with Gasteiger partial charge in [0, 0.05) is 30.9 Å². The van der Waals surface area contributed by atoms with Crippen LogP contribution in [0.2, 0.25) is 0 Å². The van der Waals surface area contributed by atoms with Gasteiger partial charge in [-0.25, -0.2) is 4.79 Å². The minimum atomic E-state index is -4.63. The number of hydrogen-bond acceptors (Lipinski definition) is 4. The topological polar surface area (TPSA) is 80.6 Å². The minimum Gasteiger partial charge on any atom is -0.444 e. The van der Waals surface area contributed by atoms with Gasteiger partial charge in [0.15, 0.2) is 0 Å². The molecule has 1 fully saturated rings. The fraction of sp³-hybridized carbons (Fsp3) is 0.696. The molecule has 0 aromatic carbocycles. The number of carbonyl (C=O) groups is 2. The summed E-state index contributed by atoms with van der Waals surface area (Å²) in [5.74, 6) is -0.192. The van der Waals surface area contributed by atoms with Crippen molar-refractivity contribution in [3.8, 4) is 0 Å². The van der Waals surface area contributed by atoms with Gasteiger partial charge in [-0.1, -0.05) is 13.8 Å². The lowest BCUT2D eigenvalue weighted by Crippen LogP contribution is -2.50. The summed E-state index contributed by atoms with van der Waals surface area (Å²) < 4.78 is 46.2. The second-order valence-electron chi connectivity index (χ2n) is 10.3. The highest BCUT2D eigenvalue weighted by atomic mass is 19.4. The Labute approximate surface area is 191 Å². The van der Waals surface area contributed by atoms with Gasteiger partial charge in [-0.2, -0.15) is 13.2 Å². The number of pyridine rings is 1. The van der Waals surface area contributed by atoms with E-state index < -0.39 is 34.4 Å². The Morgan fingerprint density at radius 3 is 2.42 bits per heavy atom. The van der Waals surface area contributed by atoms with Crippen molar-refractivity contribution in [2.75, 3.05) is 6.54 Å². The van der Waals surface area contributed by atoms with Crippen LogP contribution in [0.15, 0.2) is 16.9 Å². The quantitative estimate of drug-likeness (QED) is 0.725. The van der Waals surface area contributed by atoms with Crippen LogP contribution in [0.5, 0.6) is 0 Å². The third-order valence-electron chi connectivity index (χ3n) is 6.58. The standard InChI is InChI=1S/C23H32F3N3O4/c1-14(2)22(7-6-16(12-22)27-20(32)33-21(3,4)5)19(31)28-8-9-29-17(13-28)10-15(11-18(29)30)23(24,25)26/h10-11,14,16H,6-9,12-13H2,1-5H3,(H,27,32)/t16-,22+/m1/s1. The van der Waals surface area contributed by atoms with Gasteiger partial charge in [-0.3, -0.25) is 9.59 Å². The lowest BCUT2D eigenvalue weighted by atomic mass is 9.74. The molecule has 3 rings (SSSR count). The monoisotopic (exact) mass is 471 g/mol. The number of nitrogens with zero attached hydrogens (tertiary/aromatic N) is 2. The molecule has 0 radical (unpaired) electrons. The number of ether oxygens (including phenoxy) is 1. The maximum absolute atomic E-state index is 13.7. The van der Waals surface area contributed by atoms with Crippen LogP contribution in [0.1, 0.15) is 65.1 Å². The fourth-order valence-electron chi connectivity index (χ4n) is 4.82. The number of amides is 2. The van der Waals surface area contributed by atoms with Crippen LogP contribution in [0.4, 0.5) is 18.0 Å². The van der Waals surface area contributed by atoms with E-state index in [0.717, 1.165) is 6.07 Å². The van der Waals surface area contributed by atoms with Gasteiger partial charge in [0.05, 0.1) is 17.5 Å². The molecule has 1 aromatic heterocycles. The van der Waals surface area contributed by atoms with Crippen LogP contribution >= 0.6 is 0 Å². The molecule has 0 bridgehead atoms. The molecule has 2 atom stereocenters. The zero-order valence-corrected chi connectivity index (χ0v) is 19.7. The van der Waals surface area contributed by atoms with Crippen LogP contribution in [0.3, 0.4) is 0 Å². The Morgan fingerprint density at radius 2 is 1.85 bits per heavy atom. The number of aromatic nitrogens is 1. The van der Waals surface area contributed by atoms with Crippen molar-refractivity contribution in [1.82, 2.24) is 14.8 Å². The first-order chi connectivity index (χ1) is 15.1. The first-order valence-electron chi connectivity index (χ1n) is 11.2. The molecule has 2 aliphatic rings. The second kappa shape index (κ2) is 8.68. The van der Waals surface area contributed by atoms with E-state index in [1.165, 1.54) is 4.57 Å². The Kier molecular flexibility index (Phi) is 6.61. The van der Waals surface area contributed by atoms with Crippen molar-refractivity contribution >= 4 is 12.0 Å². The largest absolute Gasteiger partial charge is 0.444 e. The highest BCUT2D eigenvalue weighted by Crippen LogP contribution is 2.46. The summed E-state index contributed by atoms with van der Waals surface area (Å²) in [6.07, 6.45) is -3.59. The summed E-state index contributed by atoms with van der Waals surface area (Å²) in [6.45, 7) is 9.53. The molecule has 33 heavy (non-hydrogen) atoms. The molecule has 7 nitrogen and oxygen atoms in total. The lowest BCUT2D eigenvalue weighted by molar-refractivity contribution is -0.146. The number of rotatable bonds is 3. The smallest absolute Gasteiger partial charge is 0.416 e. The maximum Gasteiger partial charge on any atom is 0.416 e. The summed E-state index contributed by atoms with van der Waals surface area (Å²) in [7, 11) is 0. The third kappa shape index (κ3) is 5.35. The van der Waals surface area contributed by atoms with Gasteiger partial charge < -0.3 is 19.5 Å². The maximum atomic E-state index is 13.7. The highest BCUT2D eigenvalue weighted by Gasteiger charge is 2.50. The predicted octanol–water partition coefficient (Wildman–Crippen LogP) is 3.93. The van der Waals surface area contributed by atoms with Crippen LogP contribution < -0.4 is 10.9 Å². The SMILES string of the molecule is CC(C)[C@]1(C(=O)N2CCn3c(cc(C(F)(F)F)cc3=O)C2)CC[C@@H](NC(=O)OC(C)(C)C)C1. The zero-order chi connectivity index (χ0) is 24.8. The van der Waals surface area contributed by atoms with Crippen molar-refractivity contribution in [3.63, 3.8) is 0 Å². The Morgan fingerprint density at radius 1 is 1.18 bits per heavy atom. The van der Waals surface area contributed by atoms with Crippen molar-refractivity contribution in [2.24, 2.45) is 11.3 Å². The summed E-state index contributed by atoms with van der Waals surface area (Å²) in [4.78, 5) is 39.6. The van der Waals surface area contributed by atoms with E-state index in [1.54, 1.807) is 25.7 Å². The van der Waals surface area contributed by atoms with Crippen molar-refractivity contribution in [1.29, 1.82) is 0 Å². The number of halogens is 3. The first kappa shape index (κ1) is 25.1. The summed E-state index contributed by atoms with van der Waals surface area (Å²) in [6, 6.07) is 1.31. The summed E-state index contributed by atoms with van der Waals surface area (Å²) >= 11 is 0. The molecule has 0 spiro atoms. The second-order valence-corrected chi connectivity index (χ2v) is 10.3. The summed E-state index contributed by atoms with van der Waals surface area (Å²) in [5.41, 5.74) is -2.93. The number of nitrogens with one attached hydrogen (secondary N) is 1. The Bertz CT molecular complexity index is 981. The third-order valence-corrected chi connectivity index (χ3v) is 6.58. The fourth-order valence-corrected chi connectivity index (χ4v) is 4.82. The van der Waals surface area contributed by atoms with E-state index in [1.807, 2.05) is 13.8 Å². The van der Waals surface area contributed by atoms with E-state index in [2.05, 4.69) is 5.32 Å². The van der Waals surface area contributed by atoms with Crippen molar-refractivity contribution < 1.29 is 27.5 Å². The number of hydrogen-bond donors (Lipinski definition) is 1. The molecule has 0 unspecified atom stereocenters. The molecule has 2 heterocycles. The van der Waals surface area contributed by atoms with Gasteiger partial charge in [-0.15, -0.1) is 0 Å². The van der Waals surface area contributed by atoms with E-state index >= 15 is 0 Å². The molecule has 1 saturated carbocycles. The van der Waals surface area contributed by atoms with Gasteiger partial charge in [0.25, 0.3) is 5.56 Å². The molecule has 2 amide bonds. The van der Waals surface area contributed by atoms with Crippen LogP contribution in [0.25, 0.3) is 0 Å². The molecular weight excluding hydrogens is 439 g/mol. The van der Waals surface area contributed by atoms with Crippen molar-refractivity contribution in [3.05, 3.63) is 33.7 Å². The van der Waals surface area contributed by atoms with Gasteiger partial charge in [0.1, 0.15) is 5.60 Å². The molecule has 10 heteroatoms. The predicted molar refractivity (Wildman–Crippen MR) is 115 cm³/mol. The highest BCUT2D eigenvalue weighted by molar-refractivity contribution is 5.84. The van der Waals surface area contributed by atoms with Crippen LogP contribution in [0, 0.1) is 11.3 Å². The first-order valence-corrected chi connectivity index (χ1v) is 11.2. The molecule has 0 saturated heterocycles. The number of alkyl halides is 3. The molecular formula is C23H32F3N3O4. The van der Waals surface area contributed by atoms with Crippen LogP contribution in [-0.4, -0.2) is 39.7 Å². The molecule has 1 N–H and O–H groups in total. The Balaban J connectivity index is 1.79. The van der Waals surface area contributed by atoms with E-state index in [-0.39, 0.29) is 43.2 Å². The van der Waals surface area contributed by atoms with Crippen molar-refractivity contribution in [2.45, 2.75) is 84.8 Å². The normalized spacial score (nSPS) is 23.4. The molecule has 1 aliphatic carbocycles. The van der Waals surface area contributed by atoms with Crippen LogP contribution in [-0.2, 0) is 28.8 Å². The summed E-state index contributed by atoms with van der Waals surface area (Å²) in [5, 5.41) is 2.85. The van der Waals surface area contributed by atoms with E-state index in [9.17, 15) is 27.6 Å².